The Morgan fingerprint density at radius 3 is 2.50 bits per heavy atom. The maximum absolute atomic E-state index is 13.6. The van der Waals surface area contributed by atoms with Crippen LogP contribution in [0.25, 0.3) is 0 Å². The van der Waals surface area contributed by atoms with E-state index in [4.69, 9.17) is 0 Å². The highest BCUT2D eigenvalue weighted by atomic mass is 19.1. The second-order valence-corrected chi connectivity index (χ2v) is 4.29. The largest absolute Gasteiger partial charge is 0.467 e. The van der Waals surface area contributed by atoms with Crippen molar-refractivity contribution in [2.75, 3.05) is 7.11 Å². The van der Waals surface area contributed by atoms with E-state index in [9.17, 15) is 9.18 Å². The van der Waals surface area contributed by atoms with Crippen molar-refractivity contribution in [1.82, 2.24) is 5.32 Å². The van der Waals surface area contributed by atoms with Crippen molar-refractivity contribution in [3.05, 3.63) is 0 Å². The zero-order valence-corrected chi connectivity index (χ0v) is 8.33. The van der Waals surface area contributed by atoms with Gasteiger partial charge in [0.05, 0.1) is 7.11 Å². The van der Waals surface area contributed by atoms with Gasteiger partial charge in [-0.05, 0) is 25.7 Å². The molecule has 0 spiro atoms. The van der Waals surface area contributed by atoms with Crippen LogP contribution >= 0.6 is 0 Å². The van der Waals surface area contributed by atoms with E-state index in [1.807, 2.05) is 0 Å². The summed E-state index contributed by atoms with van der Waals surface area (Å²) in [4.78, 5) is 11.0. The molecule has 0 aromatic rings. The van der Waals surface area contributed by atoms with Gasteiger partial charge >= 0.3 is 5.97 Å². The van der Waals surface area contributed by atoms with Gasteiger partial charge in [-0.1, -0.05) is 0 Å². The first kappa shape index (κ1) is 9.90. The summed E-state index contributed by atoms with van der Waals surface area (Å²) in [6, 6.07) is 0.836. The molecule has 0 amide bonds. The number of nitrogens with one attached hydrogen (secondary N) is 1. The summed E-state index contributed by atoms with van der Waals surface area (Å²) in [5.41, 5.74) is 0. The first-order chi connectivity index (χ1) is 6.70. The van der Waals surface area contributed by atoms with Crippen molar-refractivity contribution in [3.63, 3.8) is 0 Å². The molecule has 0 radical (unpaired) electrons. The van der Waals surface area contributed by atoms with Crippen molar-refractivity contribution in [2.24, 2.45) is 5.92 Å². The quantitative estimate of drug-likeness (QED) is 0.678. The Kier molecular flexibility index (Phi) is 2.72. The van der Waals surface area contributed by atoms with Gasteiger partial charge in [0.1, 0.15) is 0 Å². The minimum absolute atomic E-state index is 0.138. The molecule has 2 rings (SSSR count). The van der Waals surface area contributed by atoms with Crippen LogP contribution in [0, 0.1) is 5.92 Å². The third-order valence-electron chi connectivity index (χ3n) is 3.35. The van der Waals surface area contributed by atoms with E-state index < -0.39 is 12.1 Å². The average Bonchev–Trinajstić information content (AvgIpc) is 2.55. The highest BCUT2D eigenvalue weighted by molar-refractivity contribution is 5.74. The monoisotopic (exact) mass is 201 g/mol. The minimum atomic E-state index is -1.43. The summed E-state index contributed by atoms with van der Waals surface area (Å²) in [6.45, 7) is 0. The van der Waals surface area contributed by atoms with E-state index in [0.717, 1.165) is 25.7 Å². The normalized spacial score (nSPS) is 38.0. The van der Waals surface area contributed by atoms with Gasteiger partial charge < -0.3 is 10.1 Å². The lowest BCUT2D eigenvalue weighted by Crippen LogP contribution is -2.42. The molecule has 0 aliphatic carbocycles. The molecule has 3 atom stereocenters. The Morgan fingerprint density at radius 2 is 2.00 bits per heavy atom. The Morgan fingerprint density at radius 1 is 1.43 bits per heavy atom. The van der Waals surface area contributed by atoms with Crippen molar-refractivity contribution >= 4 is 5.97 Å². The standard InChI is InChI=1S/C10H16FNO2/c1-14-10(13)9(11)6-4-7-2-3-8(5-6)12-7/h6-9,12H,2-5H2,1H3. The molecule has 1 N–H and O–H groups in total. The first-order valence-corrected chi connectivity index (χ1v) is 5.18. The van der Waals surface area contributed by atoms with E-state index >= 15 is 0 Å². The third kappa shape index (κ3) is 1.75. The molecule has 4 heteroatoms. The molecular formula is C10H16FNO2. The van der Waals surface area contributed by atoms with Crippen LogP contribution in [-0.4, -0.2) is 31.3 Å². The topological polar surface area (TPSA) is 38.3 Å². The second-order valence-electron chi connectivity index (χ2n) is 4.29. The Hall–Kier alpha value is -0.640. The van der Waals surface area contributed by atoms with E-state index in [-0.39, 0.29) is 5.92 Å². The predicted octanol–water partition coefficient (Wildman–Crippen LogP) is 1.03. The molecule has 2 heterocycles. The Balaban J connectivity index is 1.95. The number of halogens is 1. The summed E-state index contributed by atoms with van der Waals surface area (Å²) in [5.74, 6) is -0.850. The number of carbonyl (C=O) groups excluding carboxylic acids is 1. The van der Waals surface area contributed by atoms with Crippen molar-refractivity contribution in [1.29, 1.82) is 0 Å². The number of ether oxygens (including phenoxy) is 1. The molecule has 0 aromatic carbocycles. The van der Waals surface area contributed by atoms with Gasteiger partial charge in [0.25, 0.3) is 0 Å². The minimum Gasteiger partial charge on any atom is -0.467 e. The average molecular weight is 201 g/mol. The van der Waals surface area contributed by atoms with Gasteiger partial charge in [0, 0.05) is 18.0 Å². The number of methoxy groups -OCH3 is 1. The molecule has 3 nitrogen and oxygen atoms in total. The highest BCUT2D eigenvalue weighted by Crippen LogP contribution is 2.33. The van der Waals surface area contributed by atoms with E-state index in [1.165, 1.54) is 7.11 Å². The third-order valence-corrected chi connectivity index (χ3v) is 3.35. The molecule has 2 fully saturated rings. The SMILES string of the molecule is COC(=O)C(F)C1CC2CCC(C1)N2. The summed E-state index contributed by atoms with van der Waals surface area (Å²) in [7, 11) is 1.24. The molecule has 3 unspecified atom stereocenters. The number of hydrogen-bond donors (Lipinski definition) is 1. The number of alkyl halides is 1. The number of carbonyl (C=O) groups is 1. The lowest BCUT2D eigenvalue weighted by atomic mass is 9.88. The second kappa shape index (κ2) is 3.85. The van der Waals surface area contributed by atoms with Gasteiger partial charge in [0.2, 0.25) is 0 Å². The zero-order valence-electron chi connectivity index (χ0n) is 8.33. The van der Waals surface area contributed by atoms with Crippen LogP contribution < -0.4 is 5.32 Å². The van der Waals surface area contributed by atoms with Crippen LogP contribution in [0.15, 0.2) is 0 Å². The fourth-order valence-electron chi connectivity index (χ4n) is 2.65. The fourth-order valence-corrected chi connectivity index (χ4v) is 2.65. The van der Waals surface area contributed by atoms with Crippen molar-refractivity contribution in [2.45, 2.75) is 43.9 Å². The van der Waals surface area contributed by atoms with Crippen LogP contribution in [0.1, 0.15) is 25.7 Å². The smallest absolute Gasteiger partial charge is 0.340 e. The maximum atomic E-state index is 13.6. The predicted molar refractivity (Wildman–Crippen MR) is 49.6 cm³/mol. The lowest BCUT2D eigenvalue weighted by Gasteiger charge is -2.30. The van der Waals surface area contributed by atoms with Gasteiger partial charge in [-0.25, -0.2) is 9.18 Å². The summed E-state index contributed by atoms with van der Waals surface area (Å²) in [6.07, 6.45) is 2.36. The van der Waals surface area contributed by atoms with Crippen LogP contribution in [0.3, 0.4) is 0 Å². The number of piperidine rings is 1. The van der Waals surface area contributed by atoms with Crippen LogP contribution in [0.5, 0.6) is 0 Å². The van der Waals surface area contributed by atoms with Crippen LogP contribution in [0.2, 0.25) is 0 Å². The molecule has 2 bridgehead atoms. The van der Waals surface area contributed by atoms with Crippen LogP contribution in [-0.2, 0) is 9.53 Å². The number of rotatable bonds is 2. The van der Waals surface area contributed by atoms with E-state index in [1.54, 1.807) is 0 Å². The molecule has 80 valence electrons. The zero-order chi connectivity index (χ0) is 10.1. The number of fused-ring (bicyclic) bond motifs is 2. The van der Waals surface area contributed by atoms with Gasteiger partial charge in [-0.2, -0.15) is 0 Å². The maximum Gasteiger partial charge on any atom is 0.340 e. The van der Waals surface area contributed by atoms with Gasteiger partial charge in [0.15, 0.2) is 6.17 Å². The highest BCUT2D eigenvalue weighted by Gasteiger charge is 2.39. The van der Waals surface area contributed by atoms with Gasteiger partial charge in [-0.15, -0.1) is 0 Å². The van der Waals surface area contributed by atoms with E-state index in [2.05, 4.69) is 10.1 Å². The van der Waals surface area contributed by atoms with Crippen LogP contribution in [0.4, 0.5) is 4.39 Å². The summed E-state index contributed by atoms with van der Waals surface area (Å²) >= 11 is 0. The Labute approximate surface area is 83.0 Å². The van der Waals surface area contributed by atoms with Crippen molar-refractivity contribution < 1.29 is 13.9 Å². The number of esters is 1. The molecule has 2 aliphatic rings. The molecule has 0 aromatic heterocycles. The molecule has 14 heavy (non-hydrogen) atoms. The summed E-state index contributed by atoms with van der Waals surface area (Å²) in [5, 5.41) is 3.41. The summed E-state index contributed by atoms with van der Waals surface area (Å²) < 4.78 is 18.0. The van der Waals surface area contributed by atoms with Crippen molar-refractivity contribution in [3.8, 4) is 0 Å². The van der Waals surface area contributed by atoms with Gasteiger partial charge in [-0.3, -0.25) is 0 Å². The lowest BCUT2D eigenvalue weighted by molar-refractivity contribution is -0.149. The molecular weight excluding hydrogens is 185 g/mol. The Bertz CT molecular complexity index is 222. The number of hydrogen-bond acceptors (Lipinski definition) is 3. The fraction of sp³-hybridized carbons (Fsp3) is 0.900. The molecule has 2 aliphatic heterocycles. The van der Waals surface area contributed by atoms with E-state index in [0.29, 0.717) is 12.1 Å². The molecule has 0 saturated carbocycles. The molecule has 2 saturated heterocycles. The first-order valence-electron chi connectivity index (χ1n) is 5.18.